The number of phosphoric acid groups is 1. The number of hydrogen-bond acceptors (Lipinski definition) is 1. The van der Waals surface area contributed by atoms with E-state index in [0.717, 1.165) is 0 Å². The summed E-state index contributed by atoms with van der Waals surface area (Å²) in [5, 5.41) is 0. The molecule has 1 rings (SSSR count). The third-order valence-corrected chi connectivity index (χ3v) is 1.84. The van der Waals surface area contributed by atoms with Crippen molar-refractivity contribution in [2.75, 3.05) is 6.16 Å². The van der Waals surface area contributed by atoms with Crippen LogP contribution >= 0.6 is 16.0 Å². The molecule has 1 aliphatic rings. The van der Waals surface area contributed by atoms with Gasteiger partial charge in [0.1, 0.15) is 0 Å². The second kappa shape index (κ2) is 5.00. The van der Waals surface area contributed by atoms with Crippen LogP contribution in [0.2, 0.25) is 0 Å². The fourth-order valence-corrected chi connectivity index (χ4v) is 1.37. The van der Waals surface area contributed by atoms with E-state index in [4.69, 9.17) is 19.2 Å². The quantitative estimate of drug-likeness (QED) is 0.481. The van der Waals surface area contributed by atoms with Gasteiger partial charge in [-0.15, -0.1) is 8.20 Å². The molecule has 0 radical (unpaired) electrons. The summed E-state index contributed by atoms with van der Waals surface area (Å²) in [5.74, 6) is 2.33. The molecule has 0 aromatic rings. The van der Waals surface area contributed by atoms with Crippen LogP contribution in [0, 0.1) is 0 Å². The molecule has 0 aromatic heterocycles. The normalized spacial score (nSPS) is 17.9. The van der Waals surface area contributed by atoms with E-state index >= 15 is 0 Å². The molecule has 0 aliphatic carbocycles. The summed E-state index contributed by atoms with van der Waals surface area (Å²) in [5.41, 5.74) is 0. The molecule has 0 saturated carbocycles. The summed E-state index contributed by atoms with van der Waals surface area (Å²) < 4.78 is 8.88. The minimum Gasteiger partial charge on any atom is -0.303 e. The van der Waals surface area contributed by atoms with Crippen molar-refractivity contribution in [2.24, 2.45) is 0 Å². The van der Waals surface area contributed by atoms with E-state index in [1.807, 2.05) is 0 Å². The van der Waals surface area contributed by atoms with Crippen LogP contribution in [-0.4, -0.2) is 26.6 Å². The molecule has 4 nitrogen and oxygen atoms in total. The molecule has 0 amide bonds. The van der Waals surface area contributed by atoms with Crippen molar-refractivity contribution >= 4 is 21.8 Å². The highest BCUT2D eigenvalue weighted by Crippen LogP contribution is 2.25. The lowest BCUT2D eigenvalue weighted by molar-refractivity contribution is 0.275. The van der Waals surface area contributed by atoms with Crippen LogP contribution < -0.4 is 0 Å². The Hall–Kier alpha value is 0.280. The lowest BCUT2D eigenvalue weighted by atomic mass is 10.4. The van der Waals surface area contributed by atoms with Gasteiger partial charge < -0.3 is 14.7 Å². The Labute approximate surface area is 60.9 Å². The Bertz CT molecular complexity index is 135. The van der Waals surface area contributed by atoms with Crippen LogP contribution in [0.4, 0.5) is 0 Å². The monoisotopic (exact) mass is 184 g/mol. The first-order valence-electron chi connectivity index (χ1n) is 2.77. The van der Waals surface area contributed by atoms with E-state index < -0.39 is 7.82 Å². The maximum absolute atomic E-state index is 8.88. The summed E-state index contributed by atoms with van der Waals surface area (Å²) in [4.78, 5) is 21.6. The van der Waals surface area contributed by atoms with E-state index in [2.05, 4.69) is 5.80 Å². The first-order chi connectivity index (χ1) is 4.50. The average Bonchev–Trinajstić information content (AvgIpc) is 2.07. The van der Waals surface area contributed by atoms with Crippen LogP contribution in [0.15, 0.2) is 0 Å². The summed E-state index contributed by atoms with van der Waals surface area (Å²) in [7, 11) is -3.07. The van der Waals surface area contributed by atoms with Gasteiger partial charge in [-0.2, -0.15) is 0 Å². The summed E-state index contributed by atoms with van der Waals surface area (Å²) >= 11 is 0. The Morgan fingerprint density at radius 1 is 1.40 bits per heavy atom. The minimum atomic E-state index is -4.64. The fraction of sp³-hybridized carbons (Fsp3) is 0.750. The predicted octanol–water partition coefficient (Wildman–Crippen LogP) is 0.600. The fourth-order valence-electron chi connectivity index (χ4n) is 0.456. The zero-order chi connectivity index (χ0) is 8.04. The Morgan fingerprint density at radius 2 is 1.90 bits per heavy atom. The van der Waals surface area contributed by atoms with Gasteiger partial charge in [-0.25, -0.2) is 4.57 Å². The largest absolute Gasteiger partial charge is 0.466 e. The van der Waals surface area contributed by atoms with E-state index in [-0.39, 0.29) is 0 Å². The number of rotatable bonds is 0. The molecule has 6 heteroatoms. The van der Waals surface area contributed by atoms with Crippen LogP contribution in [-0.2, 0) is 4.57 Å². The molecular formula is C4H10O4P2. The SMILES string of the molecule is C1=PCCC1.O=P(O)(O)O. The van der Waals surface area contributed by atoms with Gasteiger partial charge in [-0.1, -0.05) is 5.80 Å². The molecule has 1 heterocycles. The molecular weight excluding hydrogens is 174 g/mol. The lowest BCUT2D eigenvalue weighted by Crippen LogP contribution is -1.66. The Balaban J connectivity index is 0.000000162. The van der Waals surface area contributed by atoms with Crippen molar-refractivity contribution in [2.45, 2.75) is 12.8 Å². The van der Waals surface area contributed by atoms with E-state index in [0.29, 0.717) is 0 Å². The van der Waals surface area contributed by atoms with Crippen molar-refractivity contribution in [3.05, 3.63) is 0 Å². The molecule has 0 bridgehead atoms. The number of hydrogen-bond donors (Lipinski definition) is 3. The summed E-state index contributed by atoms with van der Waals surface area (Å²) in [6.07, 6.45) is 4.21. The van der Waals surface area contributed by atoms with Gasteiger partial charge in [0, 0.05) is 0 Å². The van der Waals surface area contributed by atoms with Crippen molar-refractivity contribution in [3.8, 4) is 0 Å². The van der Waals surface area contributed by atoms with Crippen molar-refractivity contribution < 1.29 is 19.2 Å². The Kier molecular flexibility index (Phi) is 5.14. The van der Waals surface area contributed by atoms with Crippen LogP contribution in [0.25, 0.3) is 0 Å². The third kappa shape index (κ3) is 15.7. The van der Waals surface area contributed by atoms with Crippen molar-refractivity contribution in [3.63, 3.8) is 0 Å². The summed E-state index contributed by atoms with van der Waals surface area (Å²) in [6, 6.07) is 0. The molecule has 10 heavy (non-hydrogen) atoms. The maximum Gasteiger partial charge on any atom is 0.466 e. The molecule has 60 valence electrons. The van der Waals surface area contributed by atoms with Gasteiger partial charge in [0.25, 0.3) is 0 Å². The highest BCUT2D eigenvalue weighted by atomic mass is 31.2. The molecule has 3 N–H and O–H groups in total. The molecule has 0 atom stereocenters. The van der Waals surface area contributed by atoms with Crippen molar-refractivity contribution in [1.29, 1.82) is 0 Å². The van der Waals surface area contributed by atoms with Gasteiger partial charge in [0.2, 0.25) is 0 Å². The molecule has 0 spiro atoms. The Morgan fingerprint density at radius 3 is 2.00 bits per heavy atom. The molecule has 0 unspecified atom stereocenters. The van der Waals surface area contributed by atoms with Crippen molar-refractivity contribution in [1.82, 2.24) is 0 Å². The maximum atomic E-state index is 8.88. The second-order valence-corrected chi connectivity index (χ2v) is 3.95. The second-order valence-electron chi connectivity index (χ2n) is 1.74. The third-order valence-electron chi connectivity index (χ3n) is 0.750. The van der Waals surface area contributed by atoms with Gasteiger partial charge in [-0.05, 0) is 19.0 Å². The molecule has 0 fully saturated rings. The lowest BCUT2D eigenvalue weighted by Gasteiger charge is -1.82. The van der Waals surface area contributed by atoms with Gasteiger partial charge in [0.05, 0.1) is 0 Å². The zero-order valence-electron chi connectivity index (χ0n) is 5.34. The van der Waals surface area contributed by atoms with Crippen LogP contribution in [0.1, 0.15) is 12.8 Å². The molecule has 0 saturated heterocycles. The van der Waals surface area contributed by atoms with Crippen LogP contribution in [0.5, 0.6) is 0 Å². The first kappa shape index (κ1) is 10.3. The minimum absolute atomic E-state index is 1.36. The van der Waals surface area contributed by atoms with E-state index in [9.17, 15) is 0 Å². The topological polar surface area (TPSA) is 77.8 Å². The van der Waals surface area contributed by atoms with Gasteiger partial charge in [-0.3, -0.25) is 0 Å². The highest BCUT2D eigenvalue weighted by Gasteiger charge is 2.00. The van der Waals surface area contributed by atoms with E-state index in [1.54, 1.807) is 8.20 Å². The molecule has 1 aliphatic heterocycles. The first-order valence-corrected chi connectivity index (χ1v) is 5.48. The standard InChI is InChI=1S/C4H7P.H3O4P/c1-2-4-5-3-1;1-5(2,3)4/h3H,1-2,4H2;(H3,1,2,3,4). The van der Waals surface area contributed by atoms with E-state index in [1.165, 1.54) is 19.0 Å². The predicted molar refractivity (Wildman–Crippen MR) is 41.3 cm³/mol. The zero-order valence-corrected chi connectivity index (χ0v) is 7.13. The molecule has 0 aromatic carbocycles. The van der Waals surface area contributed by atoms with Crippen LogP contribution in [0.3, 0.4) is 0 Å². The van der Waals surface area contributed by atoms with Gasteiger partial charge >= 0.3 is 7.82 Å². The van der Waals surface area contributed by atoms with Gasteiger partial charge in [0.15, 0.2) is 0 Å². The smallest absolute Gasteiger partial charge is 0.303 e. The summed E-state index contributed by atoms with van der Waals surface area (Å²) in [6.45, 7) is 0. The highest BCUT2D eigenvalue weighted by molar-refractivity contribution is 7.45. The average molecular weight is 184 g/mol.